The van der Waals surface area contributed by atoms with Crippen molar-refractivity contribution in [2.24, 2.45) is 0 Å². The summed E-state index contributed by atoms with van der Waals surface area (Å²) in [5.74, 6) is 0.178. The van der Waals surface area contributed by atoms with E-state index in [1.165, 1.54) is 25.4 Å². The van der Waals surface area contributed by atoms with Crippen LogP contribution in [-0.4, -0.2) is 22.5 Å². The van der Waals surface area contributed by atoms with Crippen LogP contribution in [0.5, 0.6) is 5.75 Å². The third-order valence-electron chi connectivity index (χ3n) is 2.71. The first-order chi connectivity index (χ1) is 9.50. The van der Waals surface area contributed by atoms with E-state index in [0.717, 1.165) is 6.07 Å². The van der Waals surface area contributed by atoms with Gasteiger partial charge in [0.15, 0.2) is 0 Å². The van der Waals surface area contributed by atoms with Crippen LogP contribution < -0.4 is 10.1 Å². The Bertz CT molecular complexity index is 554. The van der Waals surface area contributed by atoms with Gasteiger partial charge in [0, 0.05) is 13.1 Å². The molecule has 2 N–H and O–H groups in total. The summed E-state index contributed by atoms with van der Waals surface area (Å²) in [6.07, 6.45) is -2.91. The molecule has 5 nitrogen and oxygen atoms in total. The number of nitrogens with zero attached hydrogens (tertiary/aromatic N) is 2. The number of aromatic amines is 1. The van der Waals surface area contributed by atoms with Gasteiger partial charge in [0.05, 0.1) is 24.6 Å². The van der Waals surface area contributed by atoms with Crippen molar-refractivity contribution in [3.05, 3.63) is 41.2 Å². The molecular formula is C12H13F3N4O. The fourth-order valence-electron chi connectivity index (χ4n) is 1.74. The molecule has 108 valence electrons. The van der Waals surface area contributed by atoms with Crippen LogP contribution in [0.2, 0.25) is 0 Å². The molecule has 0 aliphatic heterocycles. The highest BCUT2D eigenvalue weighted by atomic mass is 19.4. The minimum atomic E-state index is -4.42. The van der Waals surface area contributed by atoms with Gasteiger partial charge in [0.2, 0.25) is 0 Å². The second kappa shape index (κ2) is 5.91. The predicted octanol–water partition coefficient (Wildman–Crippen LogP) is 2.12. The van der Waals surface area contributed by atoms with Crippen molar-refractivity contribution in [2.45, 2.75) is 19.3 Å². The van der Waals surface area contributed by atoms with Gasteiger partial charge < -0.3 is 10.1 Å². The number of H-pyrrole nitrogens is 1. The van der Waals surface area contributed by atoms with Gasteiger partial charge in [-0.05, 0) is 17.7 Å². The fraction of sp³-hybridized carbons (Fsp3) is 0.333. The van der Waals surface area contributed by atoms with Crippen LogP contribution in [0.1, 0.15) is 16.8 Å². The molecule has 0 saturated heterocycles. The molecule has 1 heterocycles. The molecule has 0 aliphatic carbocycles. The van der Waals surface area contributed by atoms with Crippen LogP contribution in [-0.2, 0) is 19.3 Å². The summed E-state index contributed by atoms with van der Waals surface area (Å²) in [7, 11) is 1.33. The molecular weight excluding hydrogens is 273 g/mol. The van der Waals surface area contributed by atoms with E-state index >= 15 is 0 Å². The van der Waals surface area contributed by atoms with E-state index in [2.05, 4.69) is 20.7 Å². The Balaban J connectivity index is 2.10. The third-order valence-corrected chi connectivity index (χ3v) is 2.71. The smallest absolute Gasteiger partial charge is 0.416 e. The van der Waals surface area contributed by atoms with Crippen molar-refractivity contribution in [1.82, 2.24) is 20.7 Å². The quantitative estimate of drug-likeness (QED) is 0.883. The van der Waals surface area contributed by atoms with E-state index in [0.29, 0.717) is 12.2 Å². The van der Waals surface area contributed by atoms with Crippen LogP contribution in [0.25, 0.3) is 0 Å². The molecule has 1 aromatic heterocycles. The molecule has 8 heteroatoms. The Labute approximate surface area is 113 Å². The average molecular weight is 286 g/mol. The van der Waals surface area contributed by atoms with Crippen molar-refractivity contribution in [2.75, 3.05) is 7.11 Å². The zero-order chi connectivity index (χ0) is 14.6. The number of alkyl halides is 3. The van der Waals surface area contributed by atoms with Crippen molar-refractivity contribution >= 4 is 0 Å². The summed E-state index contributed by atoms with van der Waals surface area (Å²) in [5, 5.41) is 12.7. The summed E-state index contributed by atoms with van der Waals surface area (Å²) in [4.78, 5) is 0. The standard InChI is InChI=1S/C12H13F3N4O/c1-20-10-3-2-8(11(4-10)12(13,14)15)5-16-6-9-7-17-19-18-9/h2-4,7,16H,5-6H2,1H3,(H,17,18,19). The summed E-state index contributed by atoms with van der Waals surface area (Å²) in [5.41, 5.74) is 0.0818. The number of nitrogens with one attached hydrogen (secondary N) is 2. The first-order valence-corrected chi connectivity index (χ1v) is 5.80. The van der Waals surface area contributed by atoms with Crippen molar-refractivity contribution in [1.29, 1.82) is 0 Å². The van der Waals surface area contributed by atoms with E-state index in [1.807, 2.05) is 0 Å². The molecule has 0 radical (unpaired) electrons. The van der Waals surface area contributed by atoms with Crippen LogP contribution in [0.4, 0.5) is 13.2 Å². The largest absolute Gasteiger partial charge is 0.497 e. The Morgan fingerprint density at radius 1 is 1.30 bits per heavy atom. The van der Waals surface area contributed by atoms with E-state index in [-0.39, 0.29) is 17.9 Å². The van der Waals surface area contributed by atoms with Crippen LogP contribution in [0, 0.1) is 0 Å². The monoisotopic (exact) mass is 286 g/mol. The minimum absolute atomic E-state index is 0.0751. The van der Waals surface area contributed by atoms with Crippen molar-refractivity contribution in [3.63, 3.8) is 0 Å². The number of aromatic nitrogens is 3. The summed E-state index contributed by atoms with van der Waals surface area (Å²) >= 11 is 0. The molecule has 0 fully saturated rings. The fourth-order valence-corrected chi connectivity index (χ4v) is 1.74. The SMILES string of the molecule is COc1ccc(CNCc2cn[nH]n2)c(C(F)(F)F)c1. The Morgan fingerprint density at radius 2 is 2.10 bits per heavy atom. The number of hydrogen-bond acceptors (Lipinski definition) is 4. The van der Waals surface area contributed by atoms with Gasteiger partial charge in [-0.3, -0.25) is 0 Å². The molecule has 0 amide bonds. The molecule has 1 aromatic carbocycles. The van der Waals surface area contributed by atoms with Gasteiger partial charge in [-0.2, -0.15) is 28.6 Å². The van der Waals surface area contributed by atoms with E-state index in [9.17, 15) is 13.2 Å². The van der Waals surface area contributed by atoms with Gasteiger partial charge in [-0.1, -0.05) is 6.07 Å². The topological polar surface area (TPSA) is 62.8 Å². The molecule has 0 unspecified atom stereocenters. The molecule has 0 atom stereocenters. The maximum Gasteiger partial charge on any atom is 0.416 e. The minimum Gasteiger partial charge on any atom is -0.497 e. The summed E-state index contributed by atoms with van der Waals surface area (Å²) in [6.45, 7) is 0.408. The second-order valence-corrected chi connectivity index (χ2v) is 4.09. The Morgan fingerprint density at radius 3 is 2.70 bits per heavy atom. The van der Waals surface area contributed by atoms with Gasteiger partial charge >= 0.3 is 6.18 Å². The molecule has 0 aliphatic rings. The molecule has 0 spiro atoms. The van der Waals surface area contributed by atoms with E-state index < -0.39 is 11.7 Å². The lowest BCUT2D eigenvalue weighted by Gasteiger charge is -2.14. The third kappa shape index (κ3) is 3.47. The lowest BCUT2D eigenvalue weighted by Crippen LogP contribution is -2.17. The lowest BCUT2D eigenvalue weighted by molar-refractivity contribution is -0.138. The maximum atomic E-state index is 13.0. The van der Waals surface area contributed by atoms with Gasteiger partial charge in [0.1, 0.15) is 5.75 Å². The molecule has 0 saturated carbocycles. The van der Waals surface area contributed by atoms with Gasteiger partial charge in [-0.25, -0.2) is 0 Å². The number of benzene rings is 1. The first-order valence-electron chi connectivity index (χ1n) is 5.80. The molecule has 2 aromatic rings. The van der Waals surface area contributed by atoms with Crippen LogP contribution >= 0.6 is 0 Å². The molecule has 20 heavy (non-hydrogen) atoms. The highest BCUT2D eigenvalue weighted by molar-refractivity contribution is 5.37. The van der Waals surface area contributed by atoms with Crippen LogP contribution in [0.3, 0.4) is 0 Å². The number of hydrogen-bond donors (Lipinski definition) is 2. The number of methoxy groups -OCH3 is 1. The molecule has 0 bridgehead atoms. The van der Waals surface area contributed by atoms with Gasteiger partial charge in [-0.15, -0.1) is 0 Å². The lowest BCUT2D eigenvalue weighted by atomic mass is 10.1. The number of rotatable bonds is 5. The highest BCUT2D eigenvalue weighted by Gasteiger charge is 2.33. The summed E-state index contributed by atoms with van der Waals surface area (Å²) in [6, 6.07) is 3.90. The first kappa shape index (κ1) is 14.3. The predicted molar refractivity (Wildman–Crippen MR) is 64.9 cm³/mol. The van der Waals surface area contributed by atoms with Gasteiger partial charge in [0.25, 0.3) is 0 Å². The van der Waals surface area contributed by atoms with Crippen LogP contribution in [0.15, 0.2) is 24.4 Å². The van der Waals surface area contributed by atoms with E-state index in [4.69, 9.17) is 4.74 Å². The Hall–Kier alpha value is -2.09. The normalized spacial score (nSPS) is 11.6. The number of halogens is 3. The average Bonchev–Trinajstić information content (AvgIpc) is 2.91. The summed E-state index contributed by atoms with van der Waals surface area (Å²) < 4.78 is 43.7. The highest BCUT2D eigenvalue weighted by Crippen LogP contribution is 2.34. The van der Waals surface area contributed by atoms with Crippen molar-refractivity contribution in [3.8, 4) is 5.75 Å². The second-order valence-electron chi connectivity index (χ2n) is 4.09. The maximum absolute atomic E-state index is 13.0. The van der Waals surface area contributed by atoms with E-state index in [1.54, 1.807) is 0 Å². The van der Waals surface area contributed by atoms with Crippen molar-refractivity contribution < 1.29 is 17.9 Å². The zero-order valence-electron chi connectivity index (χ0n) is 10.7. The number of ether oxygens (including phenoxy) is 1. The zero-order valence-corrected chi connectivity index (χ0v) is 10.7. The molecule has 2 rings (SSSR count). The Kier molecular flexibility index (Phi) is 4.23.